The van der Waals surface area contributed by atoms with E-state index in [9.17, 15) is 10.1 Å². The van der Waals surface area contributed by atoms with Crippen molar-refractivity contribution in [1.82, 2.24) is 4.98 Å². The quantitative estimate of drug-likeness (QED) is 0.622. The van der Waals surface area contributed by atoms with Crippen molar-refractivity contribution in [2.45, 2.75) is 12.0 Å². The van der Waals surface area contributed by atoms with Crippen molar-refractivity contribution in [3.63, 3.8) is 0 Å². The number of ether oxygens (including phenoxy) is 1. The number of pyridine rings is 1. The third-order valence-corrected chi connectivity index (χ3v) is 5.80. The van der Waals surface area contributed by atoms with Gasteiger partial charge >= 0.3 is 5.69 Å². The van der Waals surface area contributed by atoms with Gasteiger partial charge in [-0.1, -0.05) is 0 Å². The Hall–Kier alpha value is -1.86. The molecule has 1 unspecified atom stereocenters. The lowest BCUT2D eigenvalue weighted by Gasteiger charge is -2.41. The summed E-state index contributed by atoms with van der Waals surface area (Å²) < 4.78 is 6.02. The second kappa shape index (κ2) is 5.65. The number of anilines is 1. The minimum absolute atomic E-state index is 0.151. The van der Waals surface area contributed by atoms with Crippen molar-refractivity contribution < 1.29 is 9.66 Å². The molecule has 6 nitrogen and oxygen atoms in total. The summed E-state index contributed by atoms with van der Waals surface area (Å²) in [4.78, 5) is 17.8. The number of thioether (sulfide) groups is 1. The van der Waals surface area contributed by atoms with Crippen molar-refractivity contribution in [3.05, 3.63) is 40.6 Å². The van der Waals surface area contributed by atoms with Crippen LogP contribution in [-0.4, -0.2) is 46.7 Å². The van der Waals surface area contributed by atoms with Crippen molar-refractivity contribution in [3.8, 4) is 0 Å². The van der Waals surface area contributed by atoms with Gasteiger partial charge in [0, 0.05) is 25.0 Å². The van der Waals surface area contributed by atoms with E-state index in [1.54, 1.807) is 18.3 Å². The van der Waals surface area contributed by atoms with Gasteiger partial charge in [-0.2, -0.15) is 11.8 Å². The van der Waals surface area contributed by atoms with E-state index in [0.717, 1.165) is 17.9 Å². The molecule has 1 spiro atoms. The number of fused-ring (bicyclic) bond motifs is 1. The summed E-state index contributed by atoms with van der Waals surface area (Å²) in [7, 11) is 0. The van der Waals surface area contributed by atoms with Crippen LogP contribution in [0.2, 0.25) is 0 Å². The van der Waals surface area contributed by atoms with Gasteiger partial charge in [0.1, 0.15) is 5.69 Å². The van der Waals surface area contributed by atoms with Crippen molar-refractivity contribution >= 4 is 34.0 Å². The van der Waals surface area contributed by atoms with Crippen LogP contribution in [0.5, 0.6) is 0 Å². The predicted molar refractivity (Wildman–Crippen MR) is 91.2 cm³/mol. The molecule has 2 fully saturated rings. The largest absolute Gasteiger partial charge is 0.370 e. The molecule has 0 radical (unpaired) electrons. The lowest BCUT2D eigenvalue weighted by atomic mass is 10.00. The van der Waals surface area contributed by atoms with Gasteiger partial charge in [-0.15, -0.1) is 0 Å². The summed E-state index contributed by atoms with van der Waals surface area (Å²) in [6, 6.07) is 7.21. The molecule has 23 heavy (non-hydrogen) atoms. The monoisotopic (exact) mass is 331 g/mol. The van der Waals surface area contributed by atoms with Crippen LogP contribution in [-0.2, 0) is 4.74 Å². The van der Waals surface area contributed by atoms with Gasteiger partial charge in [0.2, 0.25) is 0 Å². The van der Waals surface area contributed by atoms with E-state index in [4.69, 9.17) is 4.74 Å². The van der Waals surface area contributed by atoms with Gasteiger partial charge < -0.3 is 9.64 Å². The van der Waals surface area contributed by atoms with Crippen LogP contribution in [0.4, 0.5) is 11.4 Å². The number of morpholine rings is 1. The minimum atomic E-state index is -0.287. The third-order valence-electron chi connectivity index (χ3n) is 4.57. The van der Waals surface area contributed by atoms with Crippen LogP contribution in [0.15, 0.2) is 30.5 Å². The fraction of sp³-hybridized carbons (Fsp3) is 0.438. The first kappa shape index (κ1) is 14.7. The van der Waals surface area contributed by atoms with Crippen molar-refractivity contribution in [1.29, 1.82) is 0 Å². The first-order chi connectivity index (χ1) is 11.2. The molecule has 120 valence electrons. The number of hydrogen-bond donors (Lipinski definition) is 0. The smallest absolute Gasteiger partial charge is 0.301 e. The molecule has 0 saturated carbocycles. The van der Waals surface area contributed by atoms with E-state index in [2.05, 4.69) is 9.88 Å². The lowest BCUT2D eigenvalue weighted by molar-refractivity contribution is -0.382. The van der Waals surface area contributed by atoms with E-state index in [0.29, 0.717) is 36.3 Å². The highest BCUT2D eigenvalue weighted by molar-refractivity contribution is 7.99. The molecule has 0 bridgehead atoms. The van der Waals surface area contributed by atoms with E-state index >= 15 is 0 Å². The molecule has 2 aliphatic rings. The fourth-order valence-corrected chi connectivity index (χ4v) is 4.80. The molecule has 0 N–H and O–H groups in total. The summed E-state index contributed by atoms with van der Waals surface area (Å²) in [5, 5.41) is 12.3. The number of rotatable bonds is 2. The first-order valence-corrected chi connectivity index (χ1v) is 8.83. The molecule has 4 rings (SSSR count). The van der Waals surface area contributed by atoms with Gasteiger partial charge in [0.05, 0.1) is 28.0 Å². The van der Waals surface area contributed by atoms with E-state index in [1.165, 1.54) is 0 Å². The highest BCUT2D eigenvalue weighted by Gasteiger charge is 2.41. The normalized spacial score (nSPS) is 24.4. The average molecular weight is 331 g/mol. The maximum atomic E-state index is 11.7. The summed E-state index contributed by atoms with van der Waals surface area (Å²) in [6.45, 7) is 2.01. The van der Waals surface area contributed by atoms with Crippen LogP contribution >= 0.6 is 11.8 Å². The van der Waals surface area contributed by atoms with Gasteiger partial charge in [0.15, 0.2) is 0 Å². The third kappa shape index (κ3) is 2.53. The molecule has 7 heteroatoms. The van der Waals surface area contributed by atoms with Crippen LogP contribution in [0.1, 0.15) is 6.42 Å². The minimum Gasteiger partial charge on any atom is -0.370 e. The molecule has 0 aliphatic carbocycles. The fourth-order valence-electron chi connectivity index (χ4n) is 3.45. The summed E-state index contributed by atoms with van der Waals surface area (Å²) in [5.41, 5.74) is 1.33. The second-order valence-electron chi connectivity index (χ2n) is 6.02. The van der Waals surface area contributed by atoms with Gasteiger partial charge in [-0.25, -0.2) is 0 Å². The Bertz CT molecular complexity index is 761. The predicted octanol–water partition coefficient (Wildman–Crippen LogP) is 2.86. The number of aromatic nitrogens is 1. The Balaban J connectivity index is 1.78. The molecule has 2 aromatic rings. The van der Waals surface area contributed by atoms with Crippen molar-refractivity contribution in [2.24, 2.45) is 0 Å². The molecule has 2 saturated heterocycles. The Morgan fingerprint density at radius 2 is 2.30 bits per heavy atom. The number of nitro benzene ring substituents is 1. The van der Waals surface area contributed by atoms with Gasteiger partial charge in [0.25, 0.3) is 0 Å². The average Bonchev–Trinajstić information content (AvgIpc) is 3.01. The maximum Gasteiger partial charge on any atom is 0.301 e. The zero-order chi connectivity index (χ0) is 15.9. The van der Waals surface area contributed by atoms with Gasteiger partial charge in [-0.05, 0) is 36.4 Å². The Kier molecular flexibility index (Phi) is 3.61. The zero-order valence-corrected chi connectivity index (χ0v) is 13.4. The Labute approximate surface area is 138 Å². The second-order valence-corrected chi connectivity index (χ2v) is 7.12. The number of nitro groups is 1. The van der Waals surface area contributed by atoms with E-state index < -0.39 is 0 Å². The summed E-state index contributed by atoms with van der Waals surface area (Å²) >= 11 is 1.89. The number of hydrogen-bond acceptors (Lipinski definition) is 6. The highest BCUT2D eigenvalue weighted by Crippen LogP contribution is 2.40. The summed E-state index contributed by atoms with van der Waals surface area (Å²) in [5.74, 6) is 2.06. The highest BCUT2D eigenvalue weighted by atomic mass is 32.2. The molecule has 0 amide bonds. The maximum absolute atomic E-state index is 11.7. The Morgan fingerprint density at radius 1 is 1.39 bits per heavy atom. The van der Waals surface area contributed by atoms with E-state index in [1.807, 2.05) is 23.9 Å². The van der Waals surface area contributed by atoms with Gasteiger partial charge in [-0.3, -0.25) is 15.1 Å². The molecule has 1 aromatic carbocycles. The number of nitrogens with zero attached hydrogens (tertiary/aromatic N) is 3. The number of benzene rings is 1. The summed E-state index contributed by atoms with van der Waals surface area (Å²) in [6.07, 6.45) is 2.67. The SMILES string of the molecule is O=[N+]([O-])c1c(N2CCOC3(CCSC3)C2)ccc2ncccc12. The van der Waals surface area contributed by atoms with Crippen molar-refractivity contribution in [2.75, 3.05) is 36.1 Å². The van der Waals surface area contributed by atoms with E-state index in [-0.39, 0.29) is 16.2 Å². The van der Waals surface area contributed by atoms with Crippen LogP contribution < -0.4 is 4.90 Å². The lowest BCUT2D eigenvalue weighted by Crippen LogP contribution is -2.52. The first-order valence-electron chi connectivity index (χ1n) is 7.67. The van der Waals surface area contributed by atoms with Crippen LogP contribution in [0.25, 0.3) is 10.9 Å². The standard InChI is InChI=1S/C16H17N3O3S/c20-19(21)15-12-2-1-6-17-13(12)3-4-14(15)18-7-8-22-16(10-18)5-9-23-11-16/h1-4,6H,5,7-11H2. The molecule has 2 aliphatic heterocycles. The molecular weight excluding hydrogens is 314 g/mol. The topological polar surface area (TPSA) is 68.5 Å². The zero-order valence-electron chi connectivity index (χ0n) is 12.6. The Morgan fingerprint density at radius 3 is 3.09 bits per heavy atom. The molecular formula is C16H17N3O3S. The molecule has 1 atom stereocenters. The molecule has 3 heterocycles. The van der Waals surface area contributed by atoms with Crippen LogP contribution in [0, 0.1) is 10.1 Å². The molecule has 1 aromatic heterocycles. The van der Waals surface area contributed by atoms with Crippen LogP contribution in [0.3, 0.4) is 0 Å².